The summed E-state index contributed by atoms with van der Waals surface area (Å²) in [6.45, 7) is 5.11. The normalized spacial score (nSPS) is 17.2. The van der Waals surface area contributed by atoms with Crippen molar-refractivity contribution in [3.63, 3.8) is 0 Å². The van der Waals surface area contributed by atoms with E-state index in [1.807, 2.05) is 31.2 Å². The summed E-state index contributed by atoms with van der Waals surface area (Å²) in [7, 11) is 0. The summed E-state index contributed by atoms with van der Waals surface area (Å²) in [5.41, 5.74) is 2.68. The Hall–Kier alpha value is -2.41. The van der Waals surface area contributed by atoms with Gasteiger partial charge in [-0.2, -0.15) is 0 Å². The minimum absolute atomic E-state index is 0.0211. The topological polar surface area (TPSA) is 68.6 Å². The quantitative estimate of drug-likeness (QED) is 0.784. The van der Waals surface area contributed by atoms with E-state index in [1.165, 1.54) is 4.57 Å². The highest BCUT2D eigenvalue weighted by atomic mass is 32.1. The van der Waals surface area contributed by atoms with Crippen LogP contribution in [0.3, 0.4) is 0 Å². The molecule has 2 heterocycles. The van der Waals surface area contributed by atoms with Crippen LogP contribution in [0.15, 0.2) is 34.4 Å². The van der Waals surface area contributed by atoms with Crippen LogP contribution in [0.2, 0.25) is 0 Å². The van der Waals surface area contributed by atoms with E-state index in [4.69, 9.17) is 4.74 Å². The number of fused-ring (bicyclic) bond motifs is 1. The molecular formula is C18H20N2O4S. The summed E-state index contributed by atoms with van der Waals surface area (Å²) in [6.07, 6.45) is -0.123. The van der Waals surface area contributed by atoms with Crippen molar-refractivity contribution >= 4 is 28.9 Å². The van der Waals surface area contributed by atoms with Crippen molar-refractivity contribution in [2.24, 2.45) is 0 Å². The summed E-state index contributed by atoms with van der Waals surface area (Å²) in [4.78, 5) is 38.1. The molecule has 0 saturated carbocycles. The van der Waals surface area contributed by atoms with Gasteiger partial charge in [0.25, 0.3) is 5.91 Å². The zero-order valence-electron chi connectivity index (χ0n) is 14.4. The number of benzene rings is 1. The first-order valence-corrected chi connectivity index (χ1v) is 9.02. The average Bonchev–Trinajstić information content (AvgIpc) is 3.07. The maximum atomic E-state index is 12.8. The number of nitrogens with zero attached hydrogens (tertiary/aromatic N) is 2. The third-order valence-electron chi connectivity index (χ3n) is 4.36. The van der Waals surface area contributed by atoms with E-state index in [0.29, 0.717) is 5.69 Å². The van der Waals surface area contributed by atoms with Crippen LogP contribution in [0, 0.1) is 6.92 Å². The maximum absolute atomic E-state index is 12.8. The summed E-state index contributed by atoms with van der Waals surface area (Å²) >= 11 is 1.04. The lowest BCUT2D eigenvalue weighted by Gasteiger charge is -2.26. The van der Waals surface area contributed by atoms with Crippen LogP contribution in [0.25, 0.3) is 0 Å². The molecule has 0 fully saturated rings. The Bertz CT molecular complexity index is 870. The van der Waals surface area contributed by atoms with Crippen molar-refractivity contribution in [3.8, 4) is 0 Å². The Morgan fingerprint density at radius 1 is 1.36 bits per heavy atom. The molecule has 0 radical (unpaired) electrons. The summed E-state index contributed by atoms with van der Waals surface area (Å²) in [5.74, 6) is -0.843. The molecule has 1 amide bonds. The summed E-state index contributed by atoms with van der Waals surface area (Å²) < 4.78 is 6.63. The fourth-order valence-electron chi connectivity index (χ4n) is 3.11. The van der Waals surface area contributed by atoms with E-state index in [1.54, 1.807) is 24.1 Å². The second kappa shape index (κ2) is 6.84. The molecule has 1 aromatic heterocycles. The predicted molar refractivity (Wildman–Crippen MR) is 96.0 cm³/mol. The number of thiazole rings is 1. The number of para-hydroxylation sites is 1. The molecule has 2 atom stereocenters. The maximum Gasteiger partial charge on any atom is 0.326 e. The highest BCUT2D eigenvalue weighted by Crippen LogP contribution is 2.32. The van der Waals surface area contributed by atoms with Crippen LogP contribution in [0.1, 0.15) is 25.1 Å². The first-order valence-electron chi connectivity index (χ1n) is 8.14. The molecule has 1 aliphatic heterocycles. The van der Waals surface area contributed by atoms with Gasteiger partial charge in [0.1, 0.15) is 6.54 Å². The number of aryl methyl sites for hydroxylation is 1. The van der Waals surface area contributed by atoms with Crippen molar-refractivity contribution in [2.75, 3.05) is 4.90 Å². The number of esters is 1. The smallest absolute Gasteiger partial charge is 0.326 e. The van der Waals surface area contributed by atoms with Crippen molar-refractivity contribution in [3.05, 3.63) is 50.6 Å². The van der Waals surface area contributed by atoms with Crippen LogP contribution < -0.4 is 9.77 Å². The first kappa shape index (κ1) is 17.4. The number of hydrogen-bond acceptors (Lipinski definition) is 5. The first-order chi connectivity index (χ1) is 11.9. The zero-order chi connectivity index (χ0) is 18.1. The van der Waals surface area contributed by atoms with Crippen LogP contribution in [-0.4, -0.2) is 28.6 Å². The van der Waals surface area contributed by atoms with Gasteiger partial charge in [0.2, 0.25) is 0 Å². The Morgan fingerprint density at radius 3 is 2.76 bits per heavy atom. The van der Waals surface area contributed by atoms with Gasteiger partial charge in [-0.05, 0) is 38.8 Å². The predicted octanol–water partition coefficient (Wildman–Crippen LogP) is 2.13. The third kappa shape index (κ3) is 3.37. The van der Waals surface area contributed by atoms with E-state index in [2.05, 4.69) is 0 Å². The second-order valence-electron chi connectivity index (χ2n) is 6.25. The van der Waals surface area contributed by atoms with Gasteiger partial charge >= 0.3 is 10.8 Å². The van der Waals surface area contributed by atoms with Crippen molar-refractivity contribution < 1.29 is 14.3 Å². The highest BCUT2D eigenvalue weighted by molar-refractivity contribution is 7.07. The molecule has 0 bridgehead atoms. The lowest BCUT2D eigenvalue weighted by atomic mass is 10.1. The summed E-state index contributed by atoms with van der Waals surface area (Å²) in [6, 6.07) is 7.76. The van der Waals surface area contributed by atoms with Crippen molar-refractivity contribution in [1.82, 2.24) is 4.57 Å². The lowest BCUT2D eigenvalue weighted by Crippen LogP contribution is -2.43. The number of aromatic nitrogens is 1. The fraction of sp³-hybridized carbons (Fsp3) is 0.389. The van der Waals surface area contributed by atoms with E-state index >= 15 is 0 Å². The van der Waals surface area contributed by atoms with E-state index < -0.39 is 12.1 Å². The van der Waals surface area contributed by atoms with Gasteiger partial charge in [0, 0.05) is 22.8 Å². The molecule has 132 valence electrons. The third-order valence-corrected chi connectivity index (χ3v) is 5.25. The van der Waals surface area contributed by atoms with Crippen molar-refractivity contribution in [2.45, 2.75) is 45.9 Å². The van der Waals surface area contributed by atoms with Gasteiger partial charge in [-0.3, -0.25) is 19.0 Å². The van der Waals surface area contributed by atoms with Crippen LogP contribution in [0.5, 0.6) is 0 Å². The standard InChI is InChI=1S/C18H20N2O4S/c1-11-8-14-6-4-5-7-15(14)20(11)17(22)13(3)24-16(21)9-19-12(2)10-25-18(19)23/h4-7,10-11,13H,8-9H2,1-3H3/t11-,13-/m1/s1. The van der Waals surface area contributed by atoms with Crippen molar-refractivity contribution in [1.29, 1.82) is 0 Å². The Morgan fingerprint density at radius 2 is 2.08 bits per heavy atom. The average molecular weight is 360 g/mol. The van der Waals surface area contributed by atoms with Gasteiger partial charge in [-0.15, -0.1) is 0 Å². The molecule has 0 spiro atoms. The van der Waals surface area contributed by atoms with Gasteiger partial charge in [0.15, 0.2) is 6.10 Å². The molecule has 2 aromatic rings. The number of rotatable bonds is 4. The van der Waals surface area contributed by atoms with Crippen LogP contribution in [0.4, 0.5) is 5.69 Å². The number of carbonyl (C=O) groups is 2. The number of carbonyl (C=O) groups excluding carboxylic acids is 2. The molecule has 0 saturated heterocycles. The number of ether oxygens (including phenoxy) is 1. The lowest BCUT2D eigenvalue weighted by molar-refractivity contribution is -0.154. The fourth-order valence-corrected chi connectivity index (χ4v) is 3.84. The molecule has 7 heteroatoms. The van der Waals surface area contributed by atoms with Gasteiger partial charge in [-0.1, -0.05) is 29.5 Å². The molecule has 6 nitrogen and oxygen atoms in total. The molecule has 0 aliphatic carbocycles. The van der Waals surface area contributed by atoms with E-state index in [9.17, 15) is 14.4 Å². The monoisotopic (exact) mass is 360 g/mol. The minimum Gasteiger partial charge on any atom is -0.451 e. The molecule has 25 heavy (non-hydrogen) atoms. The van der Waals surface area contributed by atoms with Crippen LogP contribution in [-0.2, 0) is 27.3 Å². The molecule has 1 aromatic carbocycles. The number of hydrogen-bond donors (Lipinski definition) is 0. The van der Waals surface area contributed by atoms with Gasteiger partial charge in [-0.25, -0.2) is 0 Å². The number of amides is 1. The van der Waals surface area contributed by atoms with Crippen LogP contribution >= 0.6 is 11.3 Å². The highest BCUT2D eigenvalue weighted by Gasteiger charge is 2.34. The van der Waals surface area contributed by atoms with Gasteiger partial charge < -0.3 is 9.64 Å². The SMILES string of the molecule is Cc1csc(=O)n1CC(=O)O[C@H](C)C(=O)N1c2ccccc2C[C@H]1C. The summed E-state index contributed by atoms with van der Waals surface area (Å²) in [5, 5.41) is 1.69. The number of anilines is 1. The molecule has 1 aliphatic rings. The van der Waals surface area contributed by atoms with Gasteiger partial charge in [0.05, 0.1) is 0 Å². The Kier molecular flexibility index (Phi) is 4.76. The van der Waals surface area contributed by atoms with E-state index in [0.717, 1.165) is 29.0 Å². The Balaban J connectivity index is 1.69. The molecule has 0 N–H and O–H groups in total. The Labute approximate surface area is 149 Å². The molecule has 0 unspecified atom stereocenters. The largest absolute Gasteiger partial charge is 0.451 e. The molecular weight excluding hydrogens is 340 g/mol. The molecule has 3 rings (SSSR count). The minimum atomic E-state index is -0.907. The zero-order valence-corrected chi connectivity index (χ0v) is 15.2. The second-order valence-corrected chi connectivity index (χ2v) is 7.07. The van der Waals surface area contributed by atoms with E-state index in [-0.39, 0.29) is 23.4 Å².